The number of carbonyl (C=O) groups is 2. The summed E-state index contributed by atoms with van der Waals surface area (Å²) in [6.07, 6.45) is 6.01. The summed E-state index contributed by atoms with van der Waals surface area (Å²) in [7, 11) is 0. The minimum atomic E-state index is -0.541. The molecule has 2 N–H and O–H groups in total. The second kappa shape index (κ2) is 7.03. The molecule has 5 rings (SSSR count). The Labute approximate surface area is 176 Å². The molecule has 150 valence electrons. The van der Waals surface area contributed by atoms with Crippen LogP contribution in [0, 0.1) is 28.6 Å². The van der Waals surface area contributed by atoms with Gasteiger partial charge in [-0.3, -0.25) is 4.79 Å². The smallest absolute Gasteiger partial charge is 0.348 e. The maximum atomic E-state index is 13.2. The van der Waals surface area contributed by atoms with Crippen molar-refractivity contribution < 1.29 is 19.1 Å². The van der Waals surface area contributed by atoms with E-state index in [1.54, 1.807) is 6.92 Å². The van der Waals surface area contributed by atoms with Gasteiger partial charge in [-0.1, -0.05) is 15.9 Å². The average molecular weight is 467 g/mol. The SMILES string of the molecule is CCOC(=O)c1sc(N)c(C#N)c1COC(=O)C12C[C@H]3C[C@@H](CC(Br)(C3)C1)C2. The molecule has 1 aromatic rings. The second-order valence-corrected chi connectivity index (χ2v) is 11.2. The maximum Gasteiger partial charge on any atom is 0.348 e. The molecule has 4 aliphatic rings. The number of nitriles is 1. The Morgan fingerprint density at radius 1 is 1.29 bits per heavy atom. The maximum absolute atomic E-state index is 13.2. The highest BCUT2D eigenvalue weighted by Gasteiger charge is 2.60. The van der Waals surface area contributed by atoms with E-state index >= 15 is 0 Å². The second-order valence-electron chi connectivity index (χ2n) is 8.45. The third-order valence-corrected chi connectivity index (χ3v) is 8.35. The van der Waals surface area contributed by atoms with Crippen LogP contribution in [0.25, 0.3) is 0 Å². The topological polar surface area (TPSA) is 102 Å². The van der Waals surface area contributed by atoms with Crippen LogP contribution < -0.4 is 5.73 Å². The van der Waals surface area contributed by atoms with Crippen LogP contribution in [0.3, 0.4) is 0 Å². The molecule has 4 aliphatic carbocycles. The van der Waals surface area contributed by atoms with E-state index < -0.39 is 11.4 Å². The third kappa shape index (κ3) is 3.22. The summed E-state index contributed by atoms with van der Waals surface area (Å²) < 4.78 is 10.8. The Kier molecular flexibility index (Phi) is 4.95. The largest absolute Gasteiger partial charge is 0.462 e. The monoisotopic (exact) mass is 466 g/mol. The fraction of sp³-hybridized carbons (Fsp3) is 0.650. The summed E-state index contributed by atoms with van der Waals surface area (Å²) in [6.45, 7) is 1.80. The standard InChI is InChI=1S/C20H23BrN2O4S/c1-2-26-17(24)15-14(13(8-22)16(23)28-15)9-27-18(25)19-4-11-3-12(5-19)7-20(21,6-11)10-19/h11-12H,2-7,9-10,23H2,1H3/t11-,12-,19?,20?/m1/s1. The van der Waals surface area contributed by atoms with Crippen molar-refractivity contribution in [2.24, 2.45) is 17.3 Å². The zero-order valence-electron chi connectivity index (χ0n) is 15.8. The molecule has 0 spiro atoms. The van der Waals surface area contributed by atoms with E-state index in [-0.39, 0.29) is 38.9 Å². The van der Waals surface area contributed by atoms with Gasteiger partial charge in [-0.2, -0.15) is 5.26 Å². The molecule has 4 bridgehead atoms. The van der Waals surface area contributed by atoms with Gasteiger partial charge < -0.3 is 15.2 Å². The summed E-state index contributed by atoms with van der Waals surface area (Å²) in [5.74, 6) is 0.374. The van der Waals surface area contributed by atoms with Crippen LogP contribution in [-0.2, 0) is 20.9 Å². The number of halogens is 1. The number of hydrogen-bond acceptors (Lipinski definition) is 7. The Morgan fingerprint density at radius 2 is 1.96 bits per heavy atom. The first-order valence-corrected chi connectivity index (χ1v) is 11.2. The zero-order chi connectivity index (χ0) is 20.1. The van der Waals surface area contributed by atoms with Crippen molar-refractivity contribution >= 4 is 44.2 Å². The van der Waals surface area contributed by atoms with Gasteiger partial charge in [0.25, 0.3) is 0 Å². The molecule has 6 nitrogen and oxygen atoms in total. The van der Waals surface area contributed by atoms with Crippen LogP contribution in [0.1, 0.15) is 66.2 Å². The minimum absolute atomic E-state index is 0.0524. The van der Waals surface area contributed by atoms with Gasteiger partial charge in [0.05, 0.1) is 17.6 Å². The van der Waals surface area contributed by atoms with E-state index in [4.69, 9.17) is 15.2 Å². The van der Waals surface area contributed by atoms with E-state index in [2.05, 4.69) is 15.9 Å². The fourth-order valence-corrected chi connectivity index (χ4v) is 8.16. The molecule has 4 fully saturated rings. The first kappa shape index (κ1) is 19.7. The van der Waals surface area contributed by atoms with E-state index in [1.807, 2.05) is 6.07 Å². The molecule has 1 heterocycles. The molecular weight excluding hydrogens is 444 g/mol. The Balaban J connectivity index is 1.55. The number of rotatable bonds is 5. The quantitative estimate of drug-likeness (QED) is 0.516. The molecule has 2 atom stereocenters. The molecule has 0 amide bonds. The number of alkyl halides is 1. The Hall–Kier alpha value is -1.59. The zero-order valence-corrected chi connectivity index (χ0v) is 18.2. The summed E-state index contributed by atoms with van der Waals surface area (Å²) in [6, 6.07) is 2.03. The molecular formula is C20H23BrN2O4S. The first-order valence-electron chi connectivity index (χ1n) is 9.63. The lowest BCUT2D eigenvalue weighted by Gasteiger charge is -2.58. The van der Waals surface area contributed by atoms with Crippen LogP contribution >= 0.6 is 27.3 Å². The predicted molar refractivity (Wildman–Crippen MR) is 108 cm³/mol. The number of esters is 2. The lowest BCUT2D eigenvalue weighted by Crippen LogP contribution is -2.56. The Bertz CT molecular complexity index is 860. The lowest BCUT2D eigenvalue weighted by atomic mass is 9.49. The van der Waals surface area contributed by atoms with E-state index in [1.165, 1.54) is 6.42 Å². The van der Waals surface area contributed by atoms with Crippen molar-refractivity contribution in [3.05, 3.63) is 16.0 Å². The van der Waals surface area contributed by atoms with Crippen LogP contribution in [0.15, 0.2) is 0 Å². The number of nitrogen functional groups attached to an aromatic ring is 1. The average Bonchev–Trinajstić information content (AvgIpc) is 2.93. The van der Waals surface area contributed by atoms with E-state index in [9.17, 15) is 14.9 Å². The highest BCUT2D eigenvalue weighted by Crippen LogP contribution is 2.64. The molecule has 4 saturated carbocycles. The van der Waals surface area contributed by atoms with Crippen LogP contribution in [0.5, 0.6) is 0 Å². The number of thiophene rings is 1. The molecule has 0 saturated heterocycles. The van der Waals surface area contributed by atoms with Crippen molar-refractivity contribution in [2.45, 2.75) is 56.4 Å². The first-order chi connectivity index (χ1) is 13.3. The lowest BCUT2D eigenvalue weighted by molar-refractivity contribution is -0.170. The van der Waals surface area contributed by atoms with Gasteiger partial charge in [0, 0.05) is 9.89 Å². The van der Waals surface area contributed by atoms with E-state index in [0.29, 0.717) is 17.4 Å². The highest BCUT2D eigenvalue weighted by atomic mass is 79.9. The summed E-state index contributed by atoms with van der Waals surface area (Å²) >= 11 is 4.91. The van der Waals surface area contributed by atoms with Gasteiger partial charge in [-0.05, 0) is 57.3 Å². The number of nitrogens with zero attached hydrogens (tertiary/aromatic N) is 1. The van der Waals surface area contributed by atoms with Crippen LogP contribution in [0.4, 0.5) is 5.00 Å². The number of nitrogens with two attached hydrogens (primary N) is 1. The van der Waals surface area contributed by atoms with Crippen molar-refractivity contribution in [1.82, 2.24) is 0 Å². The summed E-state index contributed by atoms with van der Waals surface area (Å²) in [4.78, 5) is 25.6. The van der Waals surface area contributed by atoms with Gasteiger partial charge >= 0.3 is 11.9 Å². The Morgan fingerprint density at radius 3 is 2.54 bits per heavy atom. The van der Waals surface area contributed by atoms with Crippen molar-refractivity contribution in [3.8, 4) is 6.07 Å². The molecule has 0 aromatic carbocycles. The van der Waals surface area contributed by atoms with Gasteiger partial charge in [0.1, 0.15) is 22.6 Å². The van der Waals surface area contributed by atoms with Gasteiger partial charge in [-0.25, -0.2) is 4.79 Å². The number of anilines is 1. The molecule has 28 heavy (non-hydrogen) atoms. The summed E-state index contributed by atoms with van der Waals surface area (Å²) in [5, 5.41) is 9.67. The van der Waals surface area contributed by atoms with Crippen molar-refractivity contribution in [1.29, 1.82) is 5.26 Å². The molecule has 0 aliphatic heterocycles. The van der Waals surface area contributed by atoms with Gasteiger partial charge in [-0.15, -0.1) is 11.3 Å². The molecule has 0 radical (unpaired) electrons. The minimum Gasteiger partial charge on any atom is -0.462 e. The van der Waals surface area contributed by atoms with Crippen LogP contribution in [0.2, 0.25) is 0 Å². The third-order valence-electron chi connectivity index (χ3n) is 6.38. The predicted octanol–water partition coefficient (Wildman–Crippen LogP) is 4.16. The molecule has 1 aromatic heterocycles. The van der Waals surface area contributed by atoms with Crippen molar-refractivity contribution in [2.75, 3.05) is 12.3 Å². The van der Waals surface area contributed by atoms with E-state index in [0.717, 1.165) is 43.4 Å². The number of ether oxygens (including phenoxy) is 2. The highest BCUT2D eigenvalue weighted by molar-refractivity contribution is 9.10. The van der Waals surface area contributed by atoms with Gasteiger partial charge in [0.15, 0.2) is 0 Å². The van der Waals surface area contributed by atoms with Crippen LogP contribution in [-0.4, -0.2) is 22.9 Å². The van der Waals surface area contributed by atoms with Gasteiger partial charge in [0.2, 0.25) is 0 Å². The number of hydrogen-bond donors (Lipinski definition) is 1. The molecule has 8 heteroatoms. The molecule has 0 unspecified atom stereocenters. The van der Waals surface area contributed by atoms with Crippen molar-refractivity contribution in [3.63, 3.8) is 0 Å². The summed E-state index contributed by atoms with van der Waals surface area (Å²) in [5.41, 5.74) is 6.00. The number of carbonyl (C=O) groups excluding carboxylic acids is 2. The normalized spacial score (nSPS) is 32.8. The fourth-order valence-electron chi connectivity index (χ4n) is 5.79.